The normalized spacial score (nSPS) is 15.6. The van der Waals surface area contributed by atoms with Crippen molar-refractivity contribution >= 4 is 40.7 Å². The van der Waals surface area contributed by atoms with Crippen molar-refractivity contribution in [3.8, 4) is 11.4 Å². The zero-order valence-corrected chi connectivity index (χ0v) is 18.2. The predicted molar refractivity (Wildman–Crippen MR) is 120 cm³/mol. The Bertz CT molecular complexity index is 1170. The Hall–Kier alpha value is -3.03. The van der Waals surface area contributed by atoms with E-state index in [4.69, 9.17) is 28.9 Å². The lowest BCUT2D eigenvalue weighted by atomic mass is 9.95. The van der Waals surface area contributed by atoms with Crippen LogP contribution in [-0.2, 0) is 4.79 Å². The molecule has 0 saturated carbocycles. The third kappa shape index (κ3) is 3.51. The van der Waals surface area contributed by atoms with Gasteiger partial charge in [0.15, 0.2) is 5.82 Å². The fourth-order valence-electron chi connectivity index (χ4n) is 3.51. The number of primary amides is 1. The summed E-state index contributed by atoms with van der Waals surface area (Å²) in [7, 11) is 3.96. The van der Waals surface area contributed by atoms with Gasteiger partial charge in [-0.1, -0.05) is 29.3 Å². The Kier molecular flexibility index (Phi) is 5.17. The maximum absolute atomic E-state index is 12.3. The molecular formula is C21H20Cl2N6O. The number of hydrogen-bond acceptors (Lipinski definition) is 5. The van der Waals surface area contributed by atoms with Crippen LogP contribution in [-0.4, -0.2) is 34.8 Å². The number of amides is 1. The van der Waals surface area contributed by atoms with Gasteiger partial charge in [0.05, 0.1) is 5.57 Å². The second-order valence-corrected chi connectivity index (χ2v) is 8.08. The molecule has 2 aromatic carbocycles. The summed E-state index contributed by atoms with van der Waals surface area (Å²) in [5.74, 6) is 0.464. The van der Waals surface area contributed by atoms with Crippen molar-refractivity contribution in [1.82, 2.24) is 14.8 Å². The van der Waals surface area contributed by atoms with Crippen molar-refractivity contribution in [3.05, 3.63) is 69.3 Å². The van der Waals surface area contributed by atoms with Crippen molar-refractivity contribution in [1.29, 1.82) is 0 Å². The first-order valence-electron chi connectivity index (χ1n) is 9.23. The zero-order chi connectivity index (χ0) is 21.6. The highest BCUT2D eigenvalue weighted by molar-refractivity contribution is 6.35. The van der Waals surface area contributed by atoms with E-state index in [9.17, 15) is 4.79 Å². The Balaban J connectivity index is 1.85. The van der Waals surface area contributed by atoms with E-state index in [2.05, 4.69) is 15.4 Å². The van der Waals surface area contributed by atoms with Gasteiger partial charge in [0.2, 0.25) is 11.9 Å². The smallest absolute Gasteiger partial charge is 0.248 e. The van der Waals surface area contributed by atoms with Gasteiger partial charge in [0.1, 0.15) is 6.04 Å². The Morgan fingerprint density at radius 1 is 1.17 bits per heavy atom. The third-order valence-electron chi connectivity index (χ3n) is 5.02. The summed E-state index contributed by atoms with van der Waals surface area (Å²) in [5, 5.41) is 8.73. The molecule has 3 aromatic rings. The Morgan fingerprint density at radius 3 is 2.47 bits per heavy atom. The summed E-state index contributed by atoms with van der Waals surface area (Å²) in [5.41, 5.74) is 9.27. The number of benzene rings is 2. The van der Waals surface area contributed by atoms with Crippen LogP contribution in [0.25, 0.3) is 11.4 Å². The van der Waals surface area contributed by atoms with E-state index in [-0.39, 0.29) is 0 Å². The number of carbonyl (C=O) groups is 1. The van der Waals surface area contributed by atoms with Crippen LogP contribution in [0.2, 0.25) is 10.0 Å². The molecule has 7 nitrogen and oxygen atoms in total. The van der Waals surface area contributed by atoms with E-state index in [1.807, 2.05) is 43.3 Å². The molecule has 1 atom stereocenters. The van der Waals surface area contributed by atoms with E-state index in [0.717, 1.165) is 11.3 Å². The van der Waals surface area contributed by atoms with Gasteiger partial charge >= 0.3 is 0 Å². The Labute approximate surface area is 184 Å². The summed E-state index contributed by atoms with van der Waals surface area (Å²) in [4.78, 5) is 19.0. The van der Waals surface area contributed by atoms with Gasteiger partial charge in [-0.15, -0.1) is 5.10 Å². The summed E-state index contributed by atoms with van der Waals surface area (Å²) in [6, 6.07) is 12.4. The fraction of sp³-hybridized carbons (Fsp3) is 0.190. The van der Waals surface area contributed by atoms with Crippen molar-refractivity contribution in [2.45, 2.75) is 13.0 Å². The molecule has 1 aromatic heterocycles. The molecule has 0 fully saturated rings. The molecule has 0 aliphatic carbocycles. The lowest BCUT2D eigenvalue weighted by Gasteiger charge is -2.28. The molecule has 4 rings (SSSR count). The number of carbonyl (C=O) groups excluding carboxylic acids is 1. The molecule has 1 aliphatic rings. The minimum Gasteiger partial charge on any atom is -0.378 e. The fourth-order valence-corrected chi connectivity index (χ4v) is 4.02. The zero-order valence-electron chi connectivity index (χ0n) is 16.6. The molecule has 1 amide bonds. The van der Waals surface area contributed by atoms with Crippen LogP contribution in [0, 0.1) is 0 Å². The molecule has 9 heteroatoms. The number of allylic oxidation sites excluding steroid dienone is 1. The van der Waals surface area contributed by atoms with Gasteiger partial charge in [-0.3, -0.25) is 4.79 Å². The summed E-state index contributed by atoms with van der Waals surface area (Å²) in [6.07, 6.45) is 0. The van der Waals surface area contributed by atoms with E-state index in [0.29, 0.717) is 38.7 Å². The minimum atomic E-state index is -0.620. The van der Waals surface area contributed by atoms with Gasteiger partial charge in [-0.2, -0.15) is 4.98 Å². The SMILES string of the molecule is CC1=C(C(N)=O)C(c2ccc(Cl)cc2Cl)n2nc(-c3ccc(N(C)C)cc3)nc2N1. The molecule has 154 valence electrons. The first kappa shape index (κ1) is 20.3. The highest BCUT2D eigenvalue weighted by Gasteiger charge is 2.34. The predicted octanol–water partition coefficient (Wildman–Crippen LogP) is 4.09. The van der Waals surface area contributed by atoms with Gasteiger partial charge in [-0.25, -0.2) is 4.68 Å². The van der Waals surface area contributed by atoms with Gasteiger partial charge in [0, 0.05) is 46.7 Å². The van der Waals surface area contributed by atoms with E-state index < -0.39 is 11.9 Å². The van der Waals surface area contributed by atoms with Gasteiger partial charge < -0.3 is 16.0 Å². The van der Waals surface area contributed by atoms with Crippen LogP contribution < -0.4 is 16.0 Å². The summed E-state index contributed by atoms with van der Waals surface area (Å²) < 4.78 is 1.64. The molecule has 1 unspecified atom stereocenters. The summed E-state index contributed by atoms with van der Waals surface area (Å²) >= 11 is 12.5. The second kappa shape index (κ2) is 7.66. The largest absolute Gasteiger partial charge is 0.378 e. The van der Waals surface area contributed by atoms with Crippen molar-refractivity contribution < 1.29 is 4.79 Å². The minimum absolute atomic E-state index is 0.367. The van der Waals surface area contributed by atoms with Gasteiger partial charge in [-0.05, 0) is 43.3 Å². The Morgan fingerprint density at radius 2 is 1.87 bits per heavy atom. The maximum atomic E-state index is 12.3. The topological polar surface area (TPSA) is 89.1 Å². The average Bonchev–Trinajstić information content (AvgIpc) is 3.10. The number of rotatable bonds is 4. The number of anilines is 2. The number of nitrogens with one attached hydrogen (secondary N) is 1. The van der Waals surface area contributed by atoms with Crippen LogP contribution in [0.4, 0.5) is 11.6 Å². The van der Waals surface area contributed by atoms with Crippen LogP contribution in [0.5, 0.6) is 0 Å². The van der Waals surface area contributed by atoms with Crippen LogP contribution in [0.1, 0.15) is 18.5 Å². The van der Waals surface area contributed by atoms with E-state index in [1.165, 1.54) is 0 Å². The third-order valence-corrected chi connectivity index (χ3v) is 5.58. The number of nitrogens with zero attached hydrogens (tertiary/aromatic N) is 4. The molecular weight excluding hydrogens is 423 g/mol. The molecule has 0 saturated heterocycles. The van der Waals surface area contributed by atoms with Crippen molar-refractivity contribution in [2.24, 2.45) is 5.73 Å². The maximum Gasteiger partial charge on any atom is 0.248 e. The van der Waals surface area contributed by atoms with Crippen molar-refractivity contribution in [2.75, 3.05) is 24.3 Å². The molecule has 3 N–H and O–H groups in total. The van der Waals surface area contributed by atoms with Crippen LogP contribution in [0.3, 0.4) is 0 Å². The highest BCUT2D eigenvalue weighted by Crippen LogP contribution is 2.39. The number of aromatic nitrogens is 3. The quantitative estimate of drug-likeness (QED) is 0.634. The number of hydrogen-bond donors (Lipinski definition) is 2. The van der Waals surface area contributed by atoms with Crippen LogP contribution >= 0.6 is 23.2 Å². The van der Waals surface area contributed by atoms with Crippen LogP contribution in [0.15, 0.2) is 53.7 Å². The van der Waals surface area contributed by atoms with Gasteiger partial charge in [0.25, 0.3) is 0 Å². The molecule has 0 spiro atoms. The van der Waals surface area contributed by atoms with Crippen molar-refractivity contribution in [3.63, 3.8) is 0 Å². The average molecular weight is 443 g/mol. The van der Waals surface area contributed by atoms with E-state index in [1.54, 1.807) is 29.8 Å². The second-order valence-electron chi connectivity index (χ2n) is 7.24. The molecule has 0 bridgehead atoms. The molecule has 0 radical (unpaired) electrons. The molecule has 1 aliphatic heterocycles. The first-order valence-corrected chi connectivity index (χ1v) is 9.98. The monoisotopic (exact) mass is 442 g/mol. The molecule has 30 heavy (non-hydrogen) atoms. The lowest BCUT2D eigenvalue weighted by molar-refractivity contribution is -0.115. The number of halogens is 2. The number of fused-ring (bicyclic) bond motifs is 1. The lowest BCUT2D eigenvalue weighted by Crippen LogP contribution is -2.32. The highest BCUT2D eigenvalue weighted by atomic mass is 35.5. The van der Waals surface area contributed by atoms with E-state index >= 15 is 0 Å². The number of nitrogens with two attached hydrogens (primary N) is 1. The first-order chi connectivity index (χ1) is 14.3. The summed E-state index contributed by atoms with van der Waals surface area (Å²) in [6.45, 7) is 1.78. The molecule has 2 heterocycles. The standard InChI is InChI=1S/C21H20Cl2N6O/c1-11-17(19(24)30)18(15-9-6-13(22)10-16(15)23)29-21(25-11)26-20(27-29)12-4-7-14(8-5-12)28(2)3/h4-10,18H,1-3H3,(H2,24,30)(H,25,26,27).